The lowest BCUT2D eigenvalue weighted by Crippen LogP contribution is -1.90. The van der Waals surface area contributed by atoms with E-state index in [0.717, 1.165) is 22.0 Å². The summed E-state index contributed by atoms with van der Waals surface area (Å²) in [5.41, 5.74) is 2.18. The lowest BCUT2D eigenvalue weighted by Gasteiger charge is -2.07. The number of benzene rings is 1. The van der Waals surface area contributed by atoms with Gasteiger partial charge in [0.25, 0.3) is 0 Å². The van der Waals surface area contributed by atoms with Gasteiger partial charge in [-0.3, -0.25) is 0 Å². The predicted molar refractivity (Wildman–Crippen MR) is 69.0 cm³/mol. The maximum atomic E-state index is 5.96. The monoisotopic (exact) mass is 243 g/mol. The highest BCUT2D eigenvalue weighted by Gasteiger charge is 2.07. The molecule has 0 unspecified atom stereocenters. The summed E-state index contributed by atoms with van der Waals surface area (Å²) >= 11 is 5.96. The molecule has 2 aromatic heterocycles. The molecule has 4 heteroatoms. The molecule has 0 bridgehead atoms. The number of rotatable bonds is 1. The second-order valence-electron chi connectivity index (χ2n) is 3.92. The molecule has 17 heavy (non-hydrogen) atoms. The normalized spacial score (nSPS) is 10.9. The minimum atomic E-state index is 0.507. The second kappa shape index (κ2) is 3.86. The van der Waals surface area contributed by atoms with Crippen LogP contribution in [0.4, 0.5) is 0 Å². The van der Waals surface area contributed by atoms with Crippen LogP contribution in [0.15, 0.2) is 43.0 Å². The van der Waals surface area contributed by atoms with Crippen LogP contribution in [-0.4, -0.2) is 14.5 Å². The minimum Gasteiger partial charge on any atom is -0.334 e. The van der Waals surface area contributed by atoms with Crippen LogP contribution in [0.25, 0.3) is 22.0 Å². The minimum absolute atomic E-state index is 0.507. The van der Waals surface area contributed by atoms with Crippen molar-refractivity contribution in [2.75, 3.05) is 0 Å². The van der Waals surface area contributed by atoms with Crippen LogP contribution in [0.3, 0.4) is 0 Å². The van der Waals surface area contributed by atoms with Crippen LogP contribution in [0, 0.1) is 0 Å². The first-order valence-corrected chi connectivity index (χ1v) is 5.64. The fraction of sp³-hybridized carbons (Fsp3) is 0.0769. The Morgan fingerprint density at radius 1 is 1.24 bits per heavy atom. The Bertz CT molecular complexity index is 688. The first-order valence-electron chi connectivity index (χ1n) is 5.26. The van der Waals surface area contributed by atoms with E-state index in [1.54, 1.807) is 12.5 Å². The van der Waals surface area contributed by atoms with Crippen molar-refractivity contribution in [3.8, 4) is 11.3 Å². The molecule has 2 heterocycles. The molecule has 3 rings (SSSR count). The van der Waals surface area contributed by atoms with Crippen LogP contribution < -0.4 is 0 Å². The maximum absolute atomic E-state index is 5.96. The third-order valence-electron chi connectivity index (χ3n) is 2.82. The summed E-state index contributed by atoms with van der Waals surface area (Å²) in [4.78, 5) is 8.24. The number of aryl methyl sites for hydroxylation is 1. The van der Waals surface area contributed by atoms with E-state index in [0.29, 0.717) is 5.15 Å². The van der Waals surface area contributed by atoms with E-state index in [1.165, 1.54) is 0 Å². The Morgan fingerprint density at radius 2 is 2.12 bits per heavy atom. The van der Waals surface area contributed by atoms with Gasteiger partial charge in [0.1, 0.15) is 5.15 Å². The molecular formula is C13H10ClN3. The van der Waals surface area contributed by atoms with E-state index in [4.69, 9.17) is 11.6 Å². The number of imidazole rings is 1. The number of fused-ring (bicyclic) bond motifs is 1. The van der Waals surface area contributed by atoms with E-state index >= 15 is 0 Å². The number of halogens is 1. The van der Waals surface area contributed by atoms with Gasteiger partial charge in [-0.15, -0.1) is 0 Å². The first kappa shape index (κ1) is 10.3. The van der Waals surface area contributed by atoms with Gasteiger partial charge < -0.3 is 4.57 Å². The van der Waals surface area contributed by atoms with Crippen molar-refractivity contribution >= 4 is 22.4 Å². The summed E-state index contributed by atoms with van der Waals surface area (Å²) in [5, 5.41) is 2.68. The fourth-order valence-electron chi connectivity index (χ4n) is 1.98. The number of pyridine rings is 1. The number of aromatic nitrogens is 3. The highest BCUT2D eigenvalue weighted by Crippen LogP contribution is 2.28. The molecule has 0 aliphatic carbocycles. The summed E-state index contributed by atoms with van der Waals surface area (Å²) < 4.78 is 1.99. The third kappa shape index (κ3) is 1.68. The van der Waals surface area contributed by atoms with Gasteiger partial charge in [0.15, 0.2) is 0 Å². The van der Waals surface area contributed by atoms with E-state index in [-0.39, 0.29) is 0 Å². The molecule has 0 saturated carbocycles. The van der Waals surface area contributed by atoms with Crippen molar-refractivity contribution in [1.82, 2.24) is 14.5 Å². The van der Waals surface area contributed by atoms with Crippen LogP contribution in [0.2, 0.25) is 5.15 Å². The average molecular weight is 244 g/mol. The molecule has 0 atom stereocenters. The quantitative estimate of drug-likeness (QED) is 0.614. The lowest BCUT2D eigenvalue weighted by atomic mass is 10.0. The van der Waals surface area contributed by atoms with Gasteiger partial charge in [-0.2, -0.15) is 0 Å². The summed E-state index contributed by atoms with van der Waals surface area (Å²) in [7, 11) is 1.98. The van der Waals surface area contributed by atoms with Crippen LogP contribution in [0.5, 0.6) is 0 Å². The number of hydrogen-bond donors (Lipinski definition) is 0. The Labute approximate surface area is 104 Å². The van der Waals surface area contributed by atoms with Gasteiger partial charge in [-0.25, -0.2) is 9.97 Å². The second-order valence-corrected chi connectivity index (χ2v) is 4.31. The molecule has 0 aliphatic rings. The molecule has 84 valence electrons. The van der Waals surface area contributed by atoms with Gasteiger partial charge in [0.2, 0.25) is 0 Å². The topological polar surface area (TPSA) is 30.7 Å². The largest absolute Gasteiger partial charge is 0.334 e. The van der Waals surface area contributed by atoms with Crippen molar-refractivity contribution in [1.29, 1.82) is 0 Å². The van der Waals surface area contributed by atoms with Gasteiger partial charge in [-0.1, -0.05) is 29.8 Å². The van der Waals surface area contributed by atoms with Gasteiger partial charge in [0, 0.05) is 24.2 Å². The molecule has 0 N–H and O–H groups in total. The van der Waals surface area contributed by atoms with Crippen LogP contribution >= 0.6 is 11.6 Å². The molecule has 0 aliphatic heterocycles. The molecule has 3 nitrogen and oxygen atoms in total. The maximum Gasteiger partial charge on any atom is 0.129 e. The molecule has 0 saturated heterocycles. The summed E-state index contributed by atoms with van der Waals surface area (Å²) in [5.74, 6) is 0. The zero-order valence-corrected chi connectivity index (χ0v) is 10.0. The number of nitrogens with zero attached hydrogens (tertiary/aromatic N) is 3. The summed E-state index contributed by atoms with van der Waals surface area (Å²) in [6, 6.07) is 7.99. The van der Waals surface area contributed by atoms with Crippen LogP contribution in [0.1, 0.15) is 0 Å². The Balaban J connectivity index is 2.37. The smallest absolute Gasteiger partial charge is 0.129 e. The van der Waals surface area contributed by atoms with Gasteiger partial charge in [-0.05, 0) is 11.5 Å². The Kier molecular flexibility index (Phi) is 2.34. The highest BCUT2D eigenvalue weighted by atomic mass is 35.5. The molecule has 0 amide bonds. The fourth-order valence-corrected chi connectivity index (χ4v) is 2.14. The van der Waals surface area contributed by atoms with E-state index < -0.39 is 0 Å². The zero-order chi connectivity index (χ0) is 11.8. The lowest BCUT2D eigenvalue weighted by molar-refractivity contribution is 0.922. The molecule has 3 aromatic rings. The SMILES string of the molecule is Cn1cncc1-c1cccc2cnc(Cl)cc12. The van der Waals surface area contributed by atoms with E-state index in [2.05, 4.69) is 16.0 Å². The summed E-state index contributed by atoms with van der Waals surface area (Å²) in [6.07, 6.45) is 5.43. The summed E-state index contributed by atoms with van der Waals surface area (Å²) in [6.45, 7) is 0. The van der Waals surface area contributed by atoms with Gasteiger partial charge in [0.05, 0.1) is 18.2 Å². The van der Waals surface area contributed by atoms with Gasteiger partial charge >= 0.3 is 0 Å². The van der Waals surface area contributed by atoms with Crippen molar-refractivity contribution in [2.24, 2.45) is 7.05 Å². The Morgan fingerprint density at radius 3 is 2.88 bits per heavy atom. The first-order chi connectivity index (χ1) is 8.25. The van der Waals surface area contributed by atoms with Crippen molar-refractivity contribution in [3.05, 3.63) is 48.1 Å². The molecule has 1 aromatic carbocycles. The molecule has 0 spiro atoms. The zero-order valence-electron chi connectivity index (χ0n) is 9.26. The number of hydrogen-bond acceptors (Lipinski definition) is 2. The van der Waals surface area contributed by atoms with E-state index in [9.17, 15) is 0 Å². The molecular weight excluding hydrogens is 234 g/mol. The molecule has 0 fully saturated rings. The van der Waals surface area contributed by atoms with E-state index in [1.807, 2.05) is 36.0 Å². The van der Waals surface area contributed by atoms with Crippen molar-refractivity contribution < 1.29 is 0 Å². The Hall–Kier alpha value is -1.87. The average Bonchev–Trinajstić information content (AvgIpc) is 2.74. The predicted octanol–water partition coefficient (Wildman–Crippen LogP) is 3.29. The van der Waals surface area contributed by atoms with Crippen molar-refractivity contribution in [2.45, 2.75) is 0 Å². The third-order valence-corrected chi connectivity index (χ3v) is 3.03. The van der Waals surface area contributed by atoms with Crippen molar-refractivity contribution in [3.63, 3.8) is 0 Å². The molecule has 0 radical (unpaired) electrons. The standard InChI is InChI=1S/C13H10ClN3/c1-17-8-15-7-12(17)10-4-2-3-9-6-16-13(14)5-11(9)10/h2-8H,1H3. The highest BCUT2D eigenvalue weighted by molar-refractivity contribution is 6.30. The van der Waals surface area contributed by atoms with Crippen LogP contribution in [-0.2, 0) is 7.05 Å².